The fourth-order valence-electron chi connectivity index (χ4n) is 2.32. The third kappa shape index (κ3) is 4.35. The summed E-state index contributed by atoms with van der Waals surface area (Å²) < 4.78 is 0. The summed E-state index contributed by atoms with van der Waals surface area (Å²) in [6.07, 6.45) is 6.10. The second-order valence-electron chi connectivity index (χ2n) is 5.73. The smallest absolute Gasteiger partial charge is 0.258 e. The maximum absolute atomic E-state index is 12.4. The van der Waals surface area contributed by atoms with Crippen LogP contribution >= 0.6 is 11.8 Å². The minimum atomic E-state index is -0.188. The van der Waals surface area contributed by atoms with Gasteiger partial charge in [-0.1, -0.05) is 12.1 Å². The predicted molar refractivity (Wildman–Crippen MR) is 95.3 cm³/mol. The molecule has 24 heavy (non-hydrogen) atoms. The van der Waals surface area contributed by atoms with Gasteiger partial charge in [-0.2, -0.15) is 0 Å². The van der Waals surface area contributed by atoms with E-state index in [0.717, 1.165) is 18.4 Å². The van der Waals surface area contributed by atoms with Gasteiger partial charge in [0.15, 0.2) is 0 Å². The van der Waals surface area contributed by atoms with E-state index in [0.29, 0.717) is 28.7 Å². The molecule has 0 aliphatic heterocycles. The van der Waals surface area contributed by atoms with E-state index in [1.54, 1.807) is 18.3 Å². The summed E-state index contributed by atoms with van der Waals surface area (Å²) in [5, 5.41) is 6.53. The number of aromatic nitrogens is 1. The Morgan fingerprint density at radius 3 is 2.62 bits per heavy atom. The van der Waals surface area contributed by atoms with Gasteiger partial charge in [0, 0.05) is 17.9 Å². The van der Waals surface area contributed by atoms with Crippen LogP contribution in [0, 0.1) is 0 Å². The first-order valence-corrected chi connectivity index (χ1v) is 9.07. The number of hydrogen-bond donors (Lipinski definition) is 2. The van der Waals surface area contributed by atoms with Gasteiger partial charge in [-0.05, 0) is 48.9 Å². The molecule has 0 atom stereocenters. The summed E-state index contributed by atoms with van der Waals surface area (Å²) in [6.45, 7) is 0. The number of hydrogen-bond acceptors (Lipinski definition) is 4. The first-order chi connectivity index (χ1) is 11.7. The maximum atomic E-state index is 12.4. The molecule has 0 bridgehead atoms. The number of benzene rings is 1. The molecule has 0 saturated heterocycles. The van der Waals surface area contributed by atoms with Crippen molar-refractivity contribution in [3.63, 3.8) is 0 Å². The normalized spacial score (nSPS) is 13.4. The Morgan fingerprint density at radius 2 is 1.96 bits per heavy atom. The lowest BCUT2D eigenvalue weighted by molar-refractivity contribution is -0.120. The molecule has 1 aromatic carbocycles. The van der Waals surface area contributed by atoms with E-state index >= 15 is 0 Å². The summed E-state index contributed by atoms with van der Waals surface area (Å²) in [4.78, 5) is 28.3. The van der Waals surface area contributed by atoms with Crippen LogP contribution in [0.15, 0.2) is 47.6 Å². The van der Waals surface area contributed by atoms with Crippen LogP contribution < -0.4 is 10.6 Å². The van der Waals surface area contributed by atoms with Crippen LogP contribution in [0.4, 0.5) is 5.69 Å². The number of amides is 2. The lowest BCUT2D eigenvalue weighted by Crippen LogP contribution is -2.26. The Kier molecular flexibility index (Phi) is 5.15. The third-order valence-electron chi connectivity index (χ3n) is 3.73. The molecule has 2 N–H and O–H groups in total. The van der Waals surface area contributed by atoms with Crippen LogP contribution in [-0.2, 0) is 11.2 Å². The second-order valence-corrected chi connectivity index (χ2v) is 6.52. The van der Waals surface area contributed by atoms with Crippen molar-refractivity contribution in [3.8, 4) is 0 Å². The first kappa shape index (κ1) is 16.5. The molecule has 2 amide bonds. The molecule has 3 rings (SSSR count). The van der Waals surface area contributed by atoms with Gasteiger partial charge < -0.3 is 10.6 Å². The molecule has 124 valence electrons. The van der Waals surface area contributed by atoms with Crippen molar-refractivity contribution < 1.29 is 9.59 Å². The zero-order valence-electron chi connectivity index (χ0n) is 13.4. The molecule has 0 spiro atoms. The standard InChI is InChI=1S/C18H19N3O2S/c1-24-18-15(3-2-10-19-18)17(23)21-14-6-4-12(5-7-14)11-16(22)20-13-8-9-13/h2-7,10,13H,8-9,11H2,1H3,(H,20,22)(H,21,23). The van der Waals surface area contributed by atoms with Crippen LogP contribution in [-0.4, -0.2) is 29.1 Å². The fraction of sp³-hybridized carbons (Fsp3) is 0.278. The lowest BCUT2D eigenvalue weighted by Gasteiger charge is -2.09. The van der Waals surface area contributed by atoms with Crippen LogP contribution in [0.1, 0.15) is 28.8 Å². The number of anilines is 1. The minimum absolute atomic E-state index is 0.0502. The molecule has 1 aromatic heterocycles. The Labute approximate surface area is 145 Å². The third-order valence-corrected chi connectivity index (χ3v) is 4.44. The van der Waals surface area contributed by atoms with Crippen LogP contribution in [0.25, 0.3) is 0 Å². The Bertz CT molecular complexity index is 742. The van der Waals surface area contributed by atoms with Crippen LogP contribution in [0.5, 0.6) is 0 Å². The van der Waals surface area contributed by atoms with E-state index in [9.17, 15) is 9.59 Å². The largest absolute Gasteiger partial charge is 0.353 e. The monoisotopic (exact) mass is 341 g/mol. The van der Waals surface area contributed by atoms with Crippen molar-refractivity contribution in [1.82, 2.24) is 10.3 Å². The summed E-state index contributed by atoms with van der Waals surface area (Å²) in [6, 6.07) is 11.2. The topological polar surface area (TPSA) is 71.1 Å². The highest BCUT2D eigenvalue weighted by Gasteiger charge is 2.23. The predicted octanol–water partition coefficient (Wildman–Crippen LogP) is 2.88. The van der Waals surface area contributed by atoms with E-state index in [2.05, 4.69) is 15.6 Å². The van der Waals surface area contributed by atoms with Crippen LogP contribution in [0.3, 0.4) is 0 Å². The number of pyridine rings is 1. The average Bonchev–Trinajstić information content (AvgIpc) is 3.40. The van der Waals surface area contributed by atoms with Crippen LogP contribution in [0.2, 0.25) is 0 Å². The summed E-state index contributed by atoms with van der Waals surface area (Å²) in [5.74, 6) is -0.138. The molecule has 1 fully saturated rings. The molecule has 0 radical (unpaired) electrons. The van der Waals surface area contributed by atoms with E-state index in [4.69, 9.17) is 0 Å². The van der Waals surface area contributed by atoms with Gasteiger partial charge in [0.05, 0.1) is 12.0 Å². The molecular weight excluding hydrogens is 322 g/mol. The highest BCUT2D eigenvalue weighted by atomic mass is 32.2. The second kappa shape index (κ2) is 7.49. The lowest BCUT2D eigenvalue weighted by atomic mass is 10.1. The summed E-state index contributed by atoms with van der Waals surface area (Å²) in [7, 11) is 0. The van der Waals surface area contributed by atoms with E-state index in [1.807, 2.05) is 30.5 Å². The zero-order chi connectivity index (χ0) is 16.9. The number of nitrogens with one attached hydrogen (secondary N) is 2. The molecule has 2 aromatic rings. The first-order valence-electron chi connectivity index (χ1n) is 7.84. The summed E-state index contributed by atoms with van der Waals surface area (Å²) in [5.41, 5.74) is 2.18. The number of thioether (sulfide) groups is 1. The molecule has 6 heteroatoms. The van der Waals surface area contributed by atoms with E-state index in [-0.39, 0.29) is 11.8 Å². The van der Waals surface area contributed by atoms with Gasteiger partial charge in [0.1, 0.15) is 5.03 Å². The van der Waals surface area contributed by atoms with Gasteiger partial charge in [-0.15, -0.1) is 11.8 Å². The molecule has 1 aliphatic rings. The zero-order valence-corrected chi connectivity index (χ0v) is 14.2. The molecule has 5 nitrogen and oxygen atoms in total. The highest BCUT2D eigenvalue weighted by molar-refractivity contribution is 7.98. The van der Waals surface area contributed by atoms with E-state index in [1.165, 1.54) is 11.8 Å². The van der Waals surface area contributed by atoms with Crippen molar-refractivity contribution in [3.05, 3.63) is 53.7 Å². The fourth-order valence-corrected chi connectivity index (χ4v) is 2.87. The van der Waals surface area contributed by atoms with Gasteiger partial charge >= 0.3 is 0 Å². The molecule has 1 saturated carbocycles. The Hall–Kier alpha value is -2.34. The highest BCUT2D eigenvalue weighted by Crippen LogP contribution is 2.20. The Morgan fingerprint density at radius 1 is 1.21 bits per heavy atom. The maximum Gasteiger partial charge on any atom is 0.258 e. The van der Waals surface area contributed by atoms with Gasteiger partial charge in [0.25, 0.3) is 5.91 Å². The van der Waals surface area contributed by atoms with Crippen molar-refractivity contribution in [1.29, 1.82) is 0 Å². The number of rotatable bonds is 6. The number of carbonyl (C=O) groups excluding carboxylic acids is 2. The van der Waals surface area contributed by atoms with Crippen molar-refractivity contribution in [2.24, 2.45) is 0 Å². The van der Waals surface area contributed by atoms with Gasteiger partial charge in [-0.3, -0.25) is 9.59 Å². The van der Waals surface area contributed by atoms with E-state index < -0.39 is 0 Å². The van der Waals surface area contributed by atoms with Gasteiger partial charge in [0.2, 0.25) is 5.91 Å². The molecule has 1 aliphatic carbocycles. The van der Waals surface area contributed by atoms with Crippen molar-refractivity contribution in [2.45, 2.75) is 30.3 Å². The minimum Gasteiger partial charge on any atom is -0.353 e. The quantitative estimate of drug-likeness (QED) is 0.793. The SMILES string of the molecule is CSc1ncccc1C(=O)Nc1ccc(CC(=O)NC2CC2)cc1. The van der Waals surface area contributed by atoms with Crippen molar-refractivity contribution in [2.75, 3.05) is 11.6 Å². The molecule has 1 heterocycles. The number of nitrogens with zero attached hydrogens (tertiary/aromatic N) is 1. The average molecular weight is 341 g/mol. The Balaban J connectivity index is 1.61. The van der Waals surface area contributed by atoms with Crippen molar-refractivity contribution >= 4 is 29.3 Å². The number of carbonyl (C=O) groups is 2. The van der Waals surface area contributed by atoms with Gasteiger partial charge in [-0.25, -0.2) is 4.98 Å². The molecular formula is C18H19N3O2S. The molecule has 0 unspecified atom stereocenters. The summed E-state index contributed by atoms with van der Waals surface area (Å²) >= 11 is 1.44.